The highest BCUT2D eigenvalue weighted by atomic mass is 35.5. The van der Waals surface area contributed by atoms with E-state index in [0.29, 0.717) is 26.4 Å². The van der Waals surface area contributed by atoms with Crippen molar-refractivity contribution in [3.05, 3.63) is 29.8 Å². The van der Waals surface area contributed by atoms with Crippen LogP contribution in [0.25, 0.3) is 0 Å². The highest BCUT2D eigenvalue weighted by Crippen LogP contribution is 2.06. The third-order valence-electron chi connectivity index (χ3n) is 2.80. The van der Waals surface area contributed by atoms with E-state index in [0.717, 1.165) is 17.7 Å². The van der Waals surface area contributed by atoms with Gasteiger partial charge in [0, 0.05) is 12.2 Å². The molecule has 1 fully saturated rings. The zero-order chi connectivity index (χ0) is 12.8. The van der Waals surface area contributed by atoms with Crippen molar-refractivity contribution in [1.29, 1.82) is 0 Å². The van der Waals surface area contributed by atoms with E-state index in [-0.39, 0.29) is 18.3 Å². The van der Waals surface area contributed by atoms with Crippen molar-refractivity contribution in [3.8, 4) is 0 Å². The van der Waals surface area contributed by atoms with Gasteiger partial charge in [-0.2, -0.15) is 0 Å². The molecule has 3 N–H and O–H groups in total. The zero-order valence-corrected chi connectivity index (χ0v) is 11.4. The van der Waals surface area contributed by atoms with E-state index in [4.69, 9.17) is 15.2 Å². The number of nitrogen functional groups attached to an aromatic ring is 1. The topological polar surface area (TPSA) is 73.6 Å². The number of carbonyl (C=O) groups is 1. The molecular formula is C13H19ClN2O3. The molecule has 1 saturated heterocycles. The first kappa shape index (κ1) is 15.8. The highest BCUT2D eigenvalue weighted by molar-refractivity contribution is 5.85. The number of hydrogen-bond acceptors (Lipinski definition) is 4. The zero-order valence-electron chi connectivity index (χ0n) is 10.6. The van der Waals surface area contributed by atoms with Gasteiger partial charge in [0.1, 0.15) is 0 Å². The van der Waals surface area contributed by atoms with Gasteiger partial charge in [-0.15, -0.1) is 12.4 Å². The monoisotopic (exact) mass is 286 g/mol. The largest absolute Gasteiger partial charge is 0.399 e. The van der Waals surface area contributed by atoms with Gasteiger partial charge < -0.3 is 20.5 Å². The average Bonchev–Trinajstić information content (AvgIpc) is 2.42. The van der Waals surface area contributed by atoms with Crippen LogP contribution in [0.4, 0.5) is 5.69 Å². The number of hydrogen-bond donors (Lipinski definition) is 2. The fourth-order valence-corrected chi connectivity index (χ4v) is 1.77. The maximum atomic E-state index is 11.7. The van der Waals surface area contributed by atoms with Crippen molar-refractivity contribution in [1.82, 2.24) is 5.32 Å². The van der Waals surface area contributed by atoms with Crippen molar-refractivity contribution in [2.75, 3.05) is 32.1 Å². The standard InChI is InChI=1S/C13H18N2O3.ClH/c14-11-3-1-10(2-4-11)5-6-15-13(16)12-9-17-7-8-18-12;/h1-4,12H,5-9,14H2,(H,15,16);1H. The Morgan fingerprint density at radius 2 is 2.05 bits per heavy atom. The number of carbonyl (C=O) groups excluding carboxylic acids is 1. The minimum absolute atomic E-state index is 0. The van der Waals surface area contributed by atoms with Crippen LogP contribution in [0.1, 0.15) is 5.56 Å². The van der Waals surface area contributed by atoms with Crippen LogP contribution in [0.15, 0.2) is 24.3 Å². The molecule has 0 saturated carbocycles. The van der Waals surface area contributed by atoms with Crippen LogP contribution >= 0.6 is 12.4 Å². The molecule has 6 heteroatoms. The SMILES string of the molecule is Cl.Nc1ccc(CCNC(=O)C2COCCO2)cc1. The lowest BCUT2D eigenvalue weighted by molar-refractivity contribution is -0.147. The van der Waals surface area contributed by atoms with Crippen molar-refractivity contribution in [2.24, 2.45) is 0 Å². The molecule has 1 amide bonds. The molecule has 1 aromatic rings. The van der Waals surface area contributed by atoms with Gasteiger partial charge in [-0.3, -0.25) is 4.79 Å². The second-order valence-corrected chi connectivity index (χ2v) is 4.22. The van der Waals surface area contributed by atoms with Gasteiger partial charge in [0.2, 0.25) is 0 Å². The van der Waals surface area contributed by atoms with Crippen LogP contribution in [0.5, 0.6) is 0 Å². The number of ether oxygens (including phenoxy) is 2. The van der Waals surface area contributed by atoms with E-state index >= 15 is 0 Å². The summed E-state index contributed by atoms with van der Waals surface area (Å²) >= 11 is 0. The molecule has 0 aromatic heterocycles. The molecular weight excluding hydrogens is 268 g/mol. The summed E-state index contributed by atoms with van der Waals surface area (Å²) in [5.41, 5.74) is 7.49. The average molecular weight is 287 g/mol. The normalized spacial score (nSPS) is 18.4. The minimum Gasteiger partial charge on any atom is -0.399 e. The van der Waals surface area contributed by atoms with Gasteiger partial charge >= 0.3 is 0 Å². The first-order valence-electron chi connectivity index (χ1n) is 6.07. The Morgan fingerprint density at radius 1 is 1.32 bits per heavy atom. The second-order valence-electron chi connectivity index (χ2n) is 4.22. The van der Waals surface area contributed by atoms with Crippen molar-refractivity contribution in [3.63, 3.8) is 0 Å². The molecule has 1 aromatic carbocycles. The summed E-state index contributed by atoms with van der Waals surface area (Å²) in [6.07, 6.45) is 0.310. The third kappa shape index (κ3) is 5.06. The molecule has 1 aliphatic heterocycles. The van der Waals surface area contributed by atoms with Crippen LogP contribution in [0, 0.1) is 0 Å². The first-order valence-corrected chi connectivity index (χ1v) is 6.07. The molecule has 1 aliphatic rings. The number of nitrogens with two attached hydrogens (primary N) is 1. The van der Waals surface area contributed by atoms with Gasteiger partial charge in [0.25, 0.3) is 5.91 Å². The van der Waals surface area contributed by atoms with E-state index in [1.54, 1.807) is 0 Å². The molecule has 0 spiro atoms. The van der Waals surface area contributed by atoms with Crippen molar-refractivity contribution in [2.45, 2.75) is 12.5 Å². The van der Waals surface area contributed by atoms with E-state index in [1.807, 2.05) is 24.3 Å². The molecule has 1 atom stereocenters. The summed E-state index contributed by atoms with van der Waals surface area (Å²) < 4.78 is 10.5. The number of nitrogens with one attached hydrogen (secondary N) is 1. The maximum absolute atomic E-state index is 11.7. The molecule has 106 valence electrons. The molecule has 19 heavy (non-hydrogen) atoms. The molecule has 1 heterocycles. The Kier molecular flexibility index (Phi) is 6.62. The summed E-state index contributed by atoms with van der Waals surface area (Å²) in [5, 5.41) is 2.84. The predicted octanol–water partition coefficient (Wildman–Crippen LogP) is 0.765. The number of anilines is 1. The molecule has 1 unspecified atom stereocenters. The van der Waals surface area contributed by atoms with E-state index in [9.17, 15) is 4.79 Å². The Bertz CT molecular complexity index is 391. The Hall–Kier alpha value is -1.30. The number of amides is 1. The fraction of sp³-hybridized carbons (Fsp3) is 0.462. The van der Waals surface area contributed by atoms with E-state index in [1.165, 1.54) is 0 Å². The van der Waals surface area contributed by atoms with Gasteiger partial charge in [-0.05, 0) is 24.1 Å². The summed E-state index contributed by atoms with van der Waals surface area (Å²) in [4.78, 5) is 11.7. The third-order valence-corrected chi connectivity index (χ3v) is 2.80. The molecule has 5 nitrogen and oxygen atoms in total. The Balaban J connectivity index is 0.00000180. The summed E-state index contributed by atoms with van der Waals surface area (Å²) in [6.45, 7) is 1.97. The van der Waals surface area contributed by atoms with Crippen LogP contribution in [0.3, 0.4) is 0 Å². The van der Waals surface area contributed by atoms with Gasteiger partial charge in [-0.1, -0.05) is 12.1 Å². The molecule has 0 bridgehead atoms. The predicted molar refractivity (Wildman–Crippen MR) is 75.4 cm³/mol. The lowest BCUT2D eigenvalue weighted by Crippen LogP contribution is -2.43. The van der Waals surface area contributed by atoms with E-state index in [2.05, 4.69) is 5.32 Å². The summed E-state index contributed by atoms with van der Waals surface area (Å²) in [6, 6.07) is 7.63. The molecule has 0 radical (unpaired) electrons. The lowest BCUT2D eigenvalue weighted by atomic mass is 10.1. The lowest BCUT2D eigenvalue weighted by Gasteiger charge is -2.22. The first-order chi connectivity index (χ1) is 8.75. The summed E-state index contributed by atoms with van der Waals surface area (Å²) in [7, 11) is 0. The molecule has 2 rings (SSSR count). The second kappa shape index (κ2) is 7.99. The van der Waals surface area contributed by atoms with Crippen LogP contribution < -0.4 is 11.1 Å². The summed E-state index contributed by atoms with van der Waals surface area (Å²) in [5.74, 6) is -0.106. The van der Waals surface area contributed by atoms with Crippen molar-refractivity contribution < 1.29 is 14.3 Å². The van der Waals surface area contributed by atoms with Crippen LogP contribution in [-0.4, -0.2) is 38.4 Å². The quantitative estimate of drug-likeness (QED) is 0.802. The van der Waals surface area contributed by atoms with Crippen LogP contribution in [0.2, 0.25) is 0 Å². The Morgan fingerprint density at radius 3 is 2.68 bits per heavy atom. The van der Waals surface area contributed by atoms with Gasteiger partial charge in [0.15, 0.2) is 6.10 Å². The van der Waals surface area contributed by atoms with Crippen molar-refractivity contribution >= 4 is 24.0 Å². The smallest absolute Gasteiger partial charge is 0.251 e. The highest BCUT2D eigenvalue weighted by Gasteiger charge is 2.21. The fourth-order valence-electron chi connectivity index (χ4n) is 1.77. The van der Waals surface area contributed by atoms with Gasteiger partial charge in [0.05, 0.1) is 19.8 Å². The minimum atomic E-state index is -0.467. The molecule has 0 aliphatic carbocycles. The Labute approximate surface area is 118 Å². The number of benzene rings is 1. The maximum Gasteiger partial charge on any atom is 0.251 e. The van der Waals surface area contributed by atoms with Gasteiger partial charge in [-0.25, -0.2) is 0 Å². The number of halogens is 1. The number of rotatable bonds is 4. The van der Waals surface area contributed by atoms with Crippen LogP contribution in [-0.2, 0) is 20.7 Å². The van der Waals surface area contributed by atoms with E-state index < -0.39 is 6.10 Å².